The Morgan fingerprint density at radius 2 is 1.71 bits per heavy atom. The van der Waals surface area contributed by atoms with E-state index in [1.165, 1.54) is 12.1 Å². The number of hydrogen-bond donors (Lipinski definition) is 0. The van der Waals surface area contributed by atoms with Gasteiger partial charge in [0.15, 0.2) is 11.5 Å². The molecule has 17 heavy (non-hydrogen) atoms. The van der Waals surface area contributed by atoms with Crippen molar-refractivity contribution in [3.8, 4) is 11.5 Å². The van der Waals surface area contributed by atoms with Crippen LogP contribution in [0.2, 0.25) is 0 Å². The molecule has 94 valence electrons. The number of hydrogen-bond acceptors (Lipinski definition) is 4. The van der Waals surface area contributed by atoms with Crippen LogP contribution in [0.25, 0.3) is 0 Å². The Labute approximate surface area is 116 Å². The second-order valence-electron chi connectivity index (χ2n) is 2.96. The van der Waals surface area contributed by atoms with E-state index in [4.69, 9.17) is 9.47 Å². The second-order valence-corrected chi connectivity index (χ2v) is 4.55. The Morgan fingerprint density at radius 1 is 1.12 bits per heavy atom. The highest BCUT2D eigenvalue weighted by Gasteiger charge is 2.12. The number of alkyl halides is 2. The molecule has 0 N–H and O–H groups in total. The zero-order valence-electron chi connectivity index (χ0n) is 8.90. The maximum atomic E-state index is 10.6. The van der Waals surface area contributed by atoms with Crippen molar-refractivity contribution in [2.45, 2.75) is 0 Å². The first-order valence-corrected chi connectivity index (χ1v) is 7.09. The van der Waals surface area contributed by atoms with E-state index in [-0.39, 0.29) is 5.69 Å². The van der Waals surface area contributed by atoms with E-state index in [0.717, 1.165) is 0 Å². The van der Waals surface area contributed by atoms with Crippen LogP contribution in [0.5, 0.6) is 11.5 Å². The molecule has 0 saturated carbocycles. The van der Waals surface area contributed by atoms with Gasteiger partial charge in [-0.15, -0.1) is 0 Å². The summed E-state index contributed by atoms with van der Waals surface area (Å²) in [6.07, 6.45) is 0. The summed E-state index contributed by atoms with van der Waals surface area (Å²) in [5, 5.41) is 12.0. The predicted octanol–water partition coefficient (Wildman–Crippen LogP) is 3.14. The minimum Gasteiger partial charge on any atom is -0.489 e. The average molecular weight is 369 g/mol. The Hall–Kier alpha value is -0.820. The first kappa shape index (κ1) is 14.2. The molecule has 0 aliphatic rings. The fourth-order valence-electron chi connectivity index (χ4n) is 1.14. The molecule has 5 nitrogen and oxygen atoms in total. The molecule has 1 rings (SSSR count). The quantitative estimate of drug-likeness (QED) is 0.421. The number of nitro groups is 1. The maximum Gasteiger partial charge on any atom is 0.273 e. The fourth-order valence-corrected chi connectivity index (χ4v) is 1.46. The number of benzene rings is 1. The Balaban J connectivity index is 2.90. The SMILES string of the molecule is O=[N+]([O-])c1ccc(OCCBr)c(OCCBr)c1. The van der Waals surface area contributed by atoms with Crippen molar-refractivity contribution < 1.29 is 14.4 Å². The van der Waals surface area contributed by atoms with E-state index >= 15 is 0 Å². The molecule has 0 heterocycles. The first-order chi connectivity index (χ1) is 8.19. The van der Waals surface area contributed by atoms with E-state index in [1.807, 2.05) is 0 Å². The van der Waals surface area contributed by atoms with Gasteiger partial charge in [0.05, 0.1) is 24.2 Å². The van der Waals surface area contributed by atoms with Crippen molar-refractivity contribution in [2.75, 3.05) is 23.9 Å². The van der Waals surface area contributed by atoms with Crippen LogP contribution in [-0.2, 0) is 0 Å². The van der Waals surface area contributed by atoms with E-state index < -0.39 is 4.92 Å². The zero-order valence-corrected chi connectivity index (χ0v) is 12.1. The summed E-state index contributed by atoms with van der Waals surface area (Å²) in [5.74, 6) is 0.899. The summed E-state index contributed by atoms with van der Waals surface area (Å²) in [5.41, 5.74) is -0.0132. The Bertz CT molecular complexity index is 387. The molecule has 0 fully saturated rings. The topological polar surface area (TPSA) is 61.6 Å². The molecular formula is C10H11Br2NO4. The van der Waals surface area contributed by atoms with Gasteiger partial charge in [-0.3, -0.25) is 10.1 Å². The van der Waals surface area contributed by atoms with Crippen molar-refractivity contribution in [3.05, 3.63) is 28.3 Å². The summed E-state index contributed by atoms with van der Waals surface area (Å²) in [6.45, 7) is 0.897. The Kier molecular flexibility index (Phi) is 6.28. The predicted molar refractivity (Wildman–Crippen MR) is 71.7 cm³/mol. The molecule has 0 amide bonds. The van der Waals surface area contributed by atoms with Gasteiger partial charge in [0.1, 0.15) is 0 Å². The van der Waals surface area contributed by atoms with Crippen molar-refractivity contribution >= 4 is 37.5 Å². The minimum absolute atomic E-state index is 0.0132. The molecule has 0 aliphatic carbocycles. The van der Waals surface area contributed by atoms with Gasteiger partial charge in [0, 0.05) is 16.7 Å². The van der Waals surface area contributed by atoms with Crippen LogP contribution < -0.4 is 9.47 Å². The number of nitro benzene ring substituents is 1. The molecule has 0 saturated heterocycles. The van der Waals surface area contributed by atoms with Crippen molar-refractivity contribution in [1.29, 1.82) is 0 Å². The van der Waals surface area contributed by atoms with E-state index in [9.17, 15) is 10.1 Å². The van der Waals surface area contributed by atoms with Gasteiger partial charge in [-0.1, -0.05) is 31.9 Å². The highest BCUT2D eigenvalue weighted by Crippen LogP contribution is 2.31. The molecule has 7 heteroatoms. The van der Waals surface area contributed by atoms with Gasteiger partial charge in [0.2, 0.25) is 0 Å². The van der Waals surface area contributed by atoms with Crippen molar-refractivity contribution in [1.82, 2.24) is 0 Å². The van der Waals surface area contributed by atoms with Crippen LogP contribution in [0.1, 0.15) is 0 Å². The van der Waals surface area contributed by atoms with E-state index in [2.05, 4.69) is 31.9 Å². The minimum atomic E-state index is -0.463. The monoisotopic (exact) mass is 367 g/mol. The molecule has 0 radical (unpaired) electrons. The lowest BCUT2D eigenvalue weighted by Crippen LogP contribution is -2.04. The third-order valence-corrected chi connectivity index (χ3v) is 2.46. The third-order valence-electron chi connectivity index (χ3n) is 1.81. The van der Waals surface area contributed by atoms with Crippen LogP contribution >= 0.6 is 31.9 Å². The zero-order chi connectivity index (χ0) is 12.7. The smallest absolute Gasteiger partial charge is 0.273 e. The van der Waals surface area contributed by atoms with Gasteiger partial charge in [-0.2, -0.15) is 0 Å². The number of nitrogens with zero attached hydrogens (tertiary/aromatic N) is 1. The highest BCUT2D eigenvalue weighted by molar-refractivity contribution is 9.09. The fraction of sp³-hybridized carbons (Fsp3) is 0.400. The second kappa shape index (κ2) is 7.50. The molecule has 1 aromatic rings. The number of ether oxygens (including phenoxy) is 2. The van der Waals surface area contributed by atoms with E-state index in [1.54, 1.807) is 6.07 Å². The van der Waals surface area contributed by atoms with Gasteiger partial charge in [-0.25, -0.2) is 0 Å². The molecule has 0 unspecified atom stereocenters. The molecular weight excluding hydrogens is 358 g/mol. The number of non-ortho nitro benzene ring substituents is 1. The largest absolute Gasteiger partial charge is 0.489 e. The Morgan fingerprint density at radius 3 is 2.24 bits per heavy atom. The summed E-state index contributed by atoms with van der Waals surface area (Å²) in [6, 6.07) is 4.31. The van der Waals surface area contributed by atoms with Crippen LogP contribution in [0.4, 0.5) is 5.69 Å². The summed E-state index contributed by atoms with van der Waals surface area (Å²) < 4.78 is 10.8. The lowest BCUT2D eigenvalue weighted by atomic mass is 10.3. The van der Waals surface area contributed by atoms with Crippen LogP contribution in [0, 0.1) is 10.1 Å². The summed E-state index contributed by atoms with van der Waals surface area (Å²) >= 11 is 6.46. The van der Waals surface area contributed by atoms with Crippen LogP contribution in [-0.4, -0.2) is 28.8 Å². The van der Waals surface area contributed by atoms with Gasteiger partial charge in [0.25, 0.3) is 5.69 Å². The lowest BCUT2D eigenvalue weighted by Gasteiger charge is -2.11. The first-order valence-electron chi connectivity index (χ1n) is 4.85. The molecule has 0 spiro atoms. The normalized spacial score (nSPS) is 10.0. The molecule has 0 aromatic heterocycles. The highest BCUT2D eigenvalue weighted by atomic mass is 79.9. The van der Waals surface area contributed by atoms with Gasteiger partial charge < -0.3 is 9.47 Å². The molecule has 0 atom stereocenters. The lowest BCUT2D eigenvalue weighted by molar-refractivity contribution is -0.385. The van der Waals surface area contributed by atoms with Crippen molar-refractivity contribution in [2.24, 2.45) is 0 Å². The number of rotatable bonds is 7. The van der Waals surface area contributed by atoms with E-state index in [0.29, 0.717) is 35.4 Å². The standard InChI is InChI=1S/C10H11Br2NO4/c11-3-5-16-9-2-1-8(13(14)15)7-10(9)17-6-4-12/h1-2,7H,3-6H2. The summed E-state index contributed by atoms with van der Waals surface area (Å²) in [7, 11) is 0. The van der Waals surface area contributed by atoms with Gasteiger partial charge in [-0.05, 0) is 6.07 Å². The van der Waals surface area contributed by atoms with Gasteiger partial charge >= 0.3 is 0 Å². The third kappa shape index (κ3) is 4.51. The average Bonchev–Trinajstić information content (AvgIpc) is 2.34. The molecule has 1 aromatic carbocycles. The molecule has 0 aliphatic heterocycles. The maximum absolute atomic E-state index is 10.6. The van der Waals surface area contributed by atoms with Crippen molar-refractivity contribution in [3.63, 3.8) is 0 Å². The molecule has 0 bridgehead atoms. The van der Waals surface area contributed by atoms with Crippen LogP contribution in [0.15, 0.2) is 18.2 Å². The summed E-state index contributed by atoms with van der Waals surface area (Å²) in [4.78, 5) is 10.2. The number of halogens is 2. The van der Waals surface area contributed by atoms with Crippen LogP contribution in [0.3, 0.4) is 0 Å².